The second kappa shape index (κ2) is 9.16. The summed E-state index contributed by atoms with van der Waals surface area (Å²) in [5.74, 6) is 0. The van der Waals surface area contributed by atoms with E-state index >= 15 is 0 Å². The van der Waals surface area contributed by atoms with Gasteiger partial charge in [0.25, 0.3) is 10.1 Å². The molecule has 0 aliphatic carbocycles. The van der Waals surface area contributed by atoms with Gasteiger partial charge in [0.15, 0.2) is 8.32 Å². The smallest absolute Gasteiger partial charge is 0.410 e. The van der Waals surface area contributed by atoms with E-state index in [2.05, 4.69) is 33.9 Å². The SMILES string of the molecule is CC(C)(C)[Si](C)(C)O[C@@H]1C[C@@H](COS(C)(=O)=O)N(C(=O)OCc2ccccc2)C1. The van der Waals surface area contributed by atoms with Crippen molar-refractivity contribution in [2.24, 2.45) is 0 Å². The van der Waals surface area contributed by atoms with Crippen LogP contribution in [0.3, 0.4) is 0 Å². The van der Waals surface area contributed by atoms with Crippen LogP contribution in [-0.2, 0) is 30.1 Å². The Morgan fingerprint density at radius 3 is 2.38 bits per heavy atom. The van der Waals surface area contributed by atoms with Crippen LogP contribution in [0.4, 0.5) is 4.79 Å². The molecule has 0 saturated carbocycles. The van der Waals surface area contributed by atoms with Crippen LogP contribution < -0.4 is 0 Å². The van der Waals surface area contributed by atoms with Gasteiger partial charge < -0.3 is 14.1 Å². The molecule has 1 saturated heterocycles. The number of carbonyl (C=O) groups excluding carboxylic acids is 1. The maximum absolute atomic E-state index is 12.7. The fraction of sp³-hybridized carbons (Fsp3) is 0.650. The highest BCUT2D eigenvalue weighted by Crippen LogP contribution is 2.39. The van der Waals surface area contributed by atoms with Crippen LogP contribution >= 0.6 is 0 Å². The monoisotopic (exact) mass is 443 g/mol. The van der Waals surface area contributed by atoms with Gasteiger partial charge in [-0.05, 0) is 30.1 Å². The topological polar surface area (TPSA) is 82.1 Å². The number of ether oxygens (including phenoxy) is 1. The summed E-state index contributed by atoms with van der Waals surface area (Å²) in [5, 5.41) is 0.0347. The third kappa shape index (κ3) is 7.09. The van der Waals surface area contributed by atoms with Crippen LogP contribution in [0.1, 0.15) is 32.8 Å². The Labute approximate surface area is 175 Å². The van der Waals surface area contributed by atoms with Gasteiger partial charge in [-0.25, -0.2) is 4.79 Å². The first-order chi connectivity index (χ1) is 13.3. The molecule has 1 aliphatic rings. The minimum absolute atomic E-state index is 0.0347. The van der Waals surface area contributed by atoms with E-state index in [4.69, 9.17) is 13.3 Å². The molecule has 0 radical (unpaired) electrons. The van der Waals surface area contributed by atoms with Gasteiger partial charge in [0, 0.05) is 6.54 Å². The average molecular weight is 444 g/mol. The third-order valence-corrected chi connectivity index (χ3v) is 10.7. The van der Waals surface area contributed by atoms with Gasteiger partial charge in [-0.3, -0.25) is 4.18 Å². The molecule has 0 aromatic heterocycles. The van der Waals surface area contributed by atoms with E-state index in [1.165, 1.54) is 4.90 Å². The molecule has 2 atom stereocenters. The highest BCUT2D eigenvalue weighted by atomic mass is 32.2. The zero-order valence-electron chi connectivity index (χ0n) is 18.2. The Morgan fingerprint density at radius 1 is 1.21 bits per heavy atom. The van der Waals surface area contributed by atoms with Crippen LogP contribution in [0.15, 0.2) is 30.3 Å². The lowest BCUT2D eigenvalue weighted by Gasteiger charge is -2.38. The van der Waals surface area contributed by atoms with E-state index in [1.54, 1.807) is 0 Å². The number of likely N-dealkylation sites (tertiary alicyclic amines) is 1. The summed E-state index contributed by atoms with van der Waals surface area (Å²) in [7, 11) is -5.64. The van der Waals surface area contributed by atoms with Crippen molar-refractivity contribution in [3.05, 3.63) is 35.9 Å². The minimum Gasteiger partial charge on any atom is -0.445 e. The molecular weight excluding hydrogens is 410 g/mol. The molecule has 0 unspecified atom stereocenters. The molecule has 0 N–H and O–H groups in total. The predicted octanol–water partition coefficient (Wildman–Crippen LogP) is 3.76. The van der Waals surface area contributed by atoms with Gasteiger partial charge in [0.1, 0.15) is 6.61 Å². The third-order valence-electron chi connectivity index (χ3n) is 5.56. The first-order valence-corrected chi connectivity index (χ1v) is 14.5. The summed E-state index contributed by atoms with van der Waals surface area (Å²) in [4.78, 5) is 14.2. The Kier molecular flexibility index (Phi) is 7.53. The van der Waals surface area contributed by atoms with Gasteiger partial charge in [0.2, 0.25) is 0 Å². The maximum Gasteiger partial charge on any atom is 0.410 e. The van der Waals surface area contributed by atoms with E-state index in [1.807, 2.05) is 30.3 Å². The molecule has 0 spiro atoms. The number of carbonyl (C=O) groups is 1. The lowest BCUT2D eigenvalue weighted by Crippen LogP contribution is -2.45. The van der Waals surface area contributed by atoms with Gasteiger partial charge in [-0.2, -0.15) is 8.42 Å². The molecule has 29 heavy (non-hydrogen) atoms. The lowest BCUT2D eigenvalue weighted by atomic mass is 10.2. The second-order valence-corrected chi connectivity index (χ2v) is 15.5. The number of hydrogen-bond acceptors (Lipinski definition) is 6. The normalized spacial score (nSPS) is 20.7. The summed E-state index contributed by atoms with van der Waals surface area (Å²) in [6.07, 6.45) is 0.858. The standard InChI is InChI=1S/C20H33NO6SSi/c1-20(2,3)29(5,6)27-18-12-17(15-26-28(4,23)24)21(13-18)19(22)25-14-16-10-8-7-9-11-16/h7-11,17-18H,12-15H2,1-6H3/t17-,18+/m0/s1. The van der Waals surface area contributed by atoms with E-state index in [0.717, 1.165) is 11.8 Å². The number of rotatable bonds is 7. The second-order valence-electron chi connectivity index (χ2n) is 9.07. The van der Waals surface area contributed by atoms with Gasteiger partial charge in [0.05, 0.1) is 25.0 Å². The van der Waals surface area contributed by atoms with Crippen molar-refractivity contribution in [3.63, 3.8) is 0 Å². The van der Waals surface area contributed by atoms with Crippen molar-refractivity contribution in [1.29, 1.82) is 0 Å². The van der Waals surface area contributed by atoms with Crippen molar-refractivity contribution < 1.29 is 26.6 Å². The summed E-state index contributed by atoms with van der Waals surface area (Å²) < 4.78 is 39.8. The van der Waals surface area contributed by atoms with Crippen molar-refractivity contribution >= 4 is 24.5 Å². The van der Waals surface area contributed by atoms with Gasteiger partial charge >= 0.3 is 6.09 Å². The Bertz CT molecular complexity index is 791. The highest BCUT2D eigenvalue weighted by Gasteiger charge is 2.44. The zero-order chi connectivity index (χ0) is 21.9. The molecule has 1 aromatic carbocycles. The highest BCUT2D eigenvalue weighted by molar-refractivity contribution is 7.85. The van der Waals surface area contributed by atoms with Crippen molar-refractivity contribution in [2.75, 3.05) is 19.4 Å². The lowest BCUT2D eigenvalue weighted by molar-refractivity contribution is 0.0806. The number of nitrogens with zero attached hydrogens (tertiary/aromatic N) is 1. The first kappa shape index (κ1) is 23.9. The van der Waals surface area contributed by atoms with Crippen LogP contribution in [-0.4, -0.2) is 59.3 Å². The van der Waals surface area contributed by atoms with Crippen LogP contribution in [0.5, 0.6) is 0 Å². The molecule has 1 aliphatic heterocycles. The number of hydrogen-bond donors (Lipinski definition) is 0. The summed E-state index contributed by atoms with van der Waals surface area (Å²) in [6.45, 7) is 11.2. The number of benzene rings is 1. The molecule has 0 bridgehead atoms. The summed E-state index contributed by atoms with van der Waals surface area (Å²) in [6, 6.07) is 9.00. The van der Waals surface area contributed by atoms with Gasteiger partial charge in [-0.15, -0.1) is 0 Å². The molecule has 2 rings (SSSR count). The predicted molar refractivity (Wildman–Crippen MR) is 115 cm³/mol. The largest absolute Gasteiger partial charge is 0.445 e. The van der Waals surface area contributed by atoms with E-state index in [0.29, 0.717) is 13.0 Å². The first-order valence-electron chi connectivity index (χ1n) is 9.78. The molecular formula is C20H33NO6SSi. The molecule has 1 aromatic rings. The fourth-order valence-electron chi connectivity index (χ4n) is 2.94. The van der Waals surface area contributed by atoms with Gasteiger partial charge in [-0.1, -0.05) is 51.1 Å². The fourth-order valence-corrected chi connectivity index (χ4v) is 4.70. The number of amides is 1. The Balaban J connectivity index is 2.07. The molecule has 7 nitrogen and oxygen atoms in total. The average Bonchev–Trinajstić information content (AvgIpc) is 2.99. The van der Waals surface area contributed by atoms with Crippen LogP contribution in [0, 0.1) is 0 Å². The van der Waals surface area contributed by atoms with E-state index < -0.39 is 30.6 Å². The molecule has 1 heterocycles. The Hall–Kier alpha value is -1.42. The van der Waals surface area contributed by atoms with Crippen molar-refractivity contribution in [3.8, 4) is 0 Å². The molecule has 164 valence electrons. The summed E-state index contributed by atoms with van der Waals surface area (Å²) in [5.41, 5.74) is 0.887. The molecule has 1 fully saturated rings. The van der Waals surface area contributed by atoms with Crippen molar-refractivity contribution in [2.45, 2.75) is 64.1 Å². The Morgan fingerprint density at radius 2 is 1.83 bits per heavy atom. The quantitative estimate of drug-likeness (QED) is 0.471. The molecule has 9 heteroatoms. The van der Waals surface area contributed by atoms with Crippen LogP contribution in [0.25, 0.3) is 0 Å². The molecule has 1 amide bonds. The van der Waals surface area contributed by atoms with Crippen molar-refractivity contribution in [1.82, 2.24) is 4.90 Å². The van der Waals surface area contributed by atoms with E-state index in [9.17, 15) is 13.2 Å². The van der Waals surface area contributed by atoms with Crippen LogP contribution in [0.2, 0.25) is 18.1 Å². The zero-order valence-corrected chi connectivity index (χ0v) is 20.0. The maximum atomic E-state index is 12.7. The van der Waals surface area contributed by atoms with E-state index in [-0.39, 0.29) is 24.4 Å². The minimum atomic E-state index is -3.60. The summed E-state index contributed by atoms with van der Waals surface area (Å²) >= 11 is 0.